The number of aliphatic hydroxyl groups is 1. The number of aliphatic hydroxyl groups excluding tert-OH is 1. The monoisotopic (exact) mass is 287 g/mol. The van der Waals surface area contributed by atoms with Crippen LogP contribution in [0.2, 0.25) is 0 Å². The molecule has 1 fully saturated rings. The van der Waals surface area contributed by atoms with E-state index in [-0.39, 0.29) is 17.9 Å². The van der Waals surface area contributed by atoms with Crippen LogP contribution in [0.15, 0.2) is 24.3 Å². The Kier molecular flexibility index (Phi) is 4.59. The molecule has 3 nitrogen and oxygen atoms in total. The van der Waals surface area contributed by atoms with Crippen LogP contribution in [0.3, 0.4) is 0 Å². The Bertz CT molecular complexity index is 492. The third kappa shape index (κ3) is 3.65. The fourth-order valence-corrected chi connectivity index (χ4v) is 3.66. The molecule has 114 valence electrons. The fourth-order valence-electron chi connectivity index (χ4n) is 3.66. The van der Waals surface area contributed by atoms with E-state index in [4.69, 9.17) is 0 Å². The van der Waals surface area contributed by atoms with Crippen molar-refractivity contribution in [3.05, 3.63) is 35.4 Å². The van der Waals surface area contributed by atoms with E-state index in [1.807, 2.05) is 0 Å². The highest BCUT2D eigenvalue weighted by Crippen LogP contribution is 2.26. The van der Waals surface area contributed by atoms with Crippen LogP contribution in [0, 0.1) is 11.8 Å². The first-order valence-corrected chi connectivity index (χ1v) is 8.25. The van der Waals surface area contributed by atoms with Crippen LogP contribution in [0.25, 0.3) is 0 Å². The van der Waals surface area contributed by atoms with Crippen molar-refractivity contribution in [2.45, 2.75) is 51.0 Å². The predicted molar refractivity (Wildman–Crippen MR) is 82.9 cm³/mol. The van der Waals surface area contributed by atoms with Crippen molar-refractivity contribution in [1.82, 2.24) is 5.32 Å². The molecule has 3 heteroatoms. The summed E-state index contributed by atoms with van der Waals surface area (Å²) in [5.74, 6) is 0.901. The molecule has 2 aliphatic rings. The van der Waals surface area contributed by atoms with Crippen molar-refractivity contribution in [3.8, 4) is 0 Å². The number of benzene rings is 1. The van der Waals surface area contributed by atoms with Gasteiger partial charge in [-0.1, -0.05) is 24.3 Å². The van der Waals surface area contributed by atoms with E-state index >= 15 is 0 Å². The molecule has 1 aromatic rings. The molecule has 1 unspecified atom stereocenters. The van der Waals surface area contributed by atoms with Crippen molar-refractivity contribution in [3.63, 3.8) is 0 Å². The minimum Gasteiger partial charge on any atom is -0.393 e. The Hall–Kier alpha value is -1.35. The summed E-state index contributed by atoms with van der Waals surface area (Å²) in [6.07, 6.45) is 6.59. The first kappa shape index (κ1) is 14.6. The lowest BCUT2D eigenvalue weighted by molar-refractivity contribution is -0.125. The first-order chi connectivity index (χ1) is 10.2. The lowest BCUT2D eigenvalue weighted by Crippen LogP contribution is -2.38. The van der Waals surface area contributed by atoms with Gasteiger partial charge in [0.05, 0.1) is 6.10 Å². The number of amides is 1. The van der Waals surface area contributed by atoms with Crippen molar-refractivity contribution < 1.29 is 9.90 Å². The molecule has 1 aromatic carbocycles. The maximum Gasteiger partial charge on any atom is 0.223 e. The van der Waals surface area contributed by atoms with Crippen LogP contribution in [-0.4, -0.2) is 23.7 Å². The third-order valence-corrected chi connectivity index (χ3v) is 5.10. The summed E-state index contributed by atoms with van der Waals surface area (Å²) in [4.78, 5) is 12.4. The highest BCUT2D eigenvalue weighted by atomic mass is 16.3. The Morgan fingerprint density at radius 3 is 2.57 bits per heavy atom. The Labute approximate surface area is 126 Å². The van der Waals surface area contributed by atoms with Gasteiger partial charge in [0.15, 0.2) is 0 Å². The number of hydrogen-bond acceptors (Lipinski definition) is 2. The maximum absolute atomic E-state index is 12.4. The summed E-state index contributed by atoms with van der Waals surface area (Å²) >= 11 is 0. The van der Waals surface area contributed by atoms with Gasteiger partial charge in [-0.05, 0) is 62.0 Å². The van der Waals surface area contributed by atoms with E-state index in [1.54, 1.807) is 0 Å². The van der Waals surface area contributed by atoms with E-state index in [0.717, 1.165) is 51.5 Å². The predicted octanol–water partition coefficient (Wildman–Crippen LogP) is 2.46. The summed E-state index contributed by atoms with van der Waals surface area (Å²) in [7, 11) is 0. The summed E-state index contributed by atoms with van der Waals surface area (Å²) in [6, 6.07) is 8.47. The highest BCUT2D eigenvalue weighted by Gasteiger charge is 2.25. The van der Waals surface area contributed by atoms with E-state index in [9.17, 15) is 9.90 Å². The molecule has 0 bridgehead atoms. The molecule has 1 saturated carbocycles. The van der Waals surface area contributed by atoms with Gasteiger partial charge in [0.2, 0.25) is 5.91 Å². The van der Waals surface area contributed by atoms with E-state index in [1.165, 1.54) is 11.1 Å². The average Bonchev–Trinajstić information content (AvgIpc) is 2.53. The fraction of sp³-hybridized carbons (Fsp3) is 0.611. The first-order valence-electron chi connectivity index (χ1n) is 8.25. The second-order valence-electron chi connectivity index (χ2n) is 6.63. The third-order valence-electron chi connectivity index (χ3n) is 5.10. The molecule has 0 aromatic heterocycles. The van der Waals surface area contributed by atoms with Gasteiger partial charge in [-0.2, -0.15) is 0 Å². The van der Waals surface area contributed by atoms with Crippen molar-refractivity contribution >= 4 is 5.91 Å². The lowest BCUT2D eigenvalue weighted by atomic mass is 9.83. The summed E-state index contributed by atoms with van der Waals surface area (Å²) in [5.41, 5.74) is 2.74. The Morgan fingerprint density at radius 2 is 1.81 bits per heavy atom. The van der Waals surface area contributed by atoms with Gasteiger partial charge < -0.3 is 10.4 Å². The van der Waals surface area contributed by atoms with Gasteiger partial charge in [0.25, 0.3) is 0 Å². The number of hydrogen-bond donors (Lipinski definition) is 2. The molecule has 21 heavy (non-hydrogen) atoms. The molecular weight excluding hydrogens is 262 g/mol. The molecular formula is C18H25NO2. The zero-order chi connectivity index (χ0) is 14.7. The molecule has 2 aliphatic carbocycles. The van der Waals surface area contributed by atoms with Crippen LogP contribution in [0.5, 0.6) is 0 Å². The summed E-state index contributed by atoms with van der Waals surface area (Å²) in [6.45, 7) is 0.781. The topological polar surface area (TPSA) is 49.3 Å². The van der Waals surface area contributed by atoms with Gasteiger partial charge in [-0.3, -0.25) is 4.79 Å². The average molecular weight is 287 g/mol. The van der Waals surface area contributed by atoms with Crippen LogP contribution in [0.1, 0.15) is 43.2 Å². The Morgan fingerprint density at radius 1 is 1.10 bits per heavy atom. The molecule has 2 N–H and O–H groups in total. The molecule has 0 radical (unpaired) electrons. The normalized spacial score (nSPS) is 28.7. The number of aryl methyl sites for hydroxylation is 1. The molecule has 0 heterocycles. The van der Waals surface area contributed by atoms with Crippen molar-refractivity contribution in [2.75, 3.05) is 6.54 Å². The quantitative estimate of drug-likeness (QED) is 0.897. The summed E-state index contributed by atoms with van der Waals surface area (Å²) < 4.78 is 0. The minimum atomic E-state index is -0.119. The van der Waals surface area contributed by atoms with Gasteiger partial charge >= 0.3 is 0 Å². The lowest BCUT2D eigenvalue weighted by Gasteiger charge is -2.27. The smallest absolute Gasteiger partial charge is 0.223 e. The van der Waals surface area contributed by atoms with Crippen LogP contribution < -0.4 is 5.32 Å². The molecule has 0 aliphatic heterocycles. The number of rotatable bonds is 3. The van der Waals surface area contributed by atoms with E-state index in [0.29, 0.717) is 5.92 Å². The zero-order valence-electron chi connectivity index (χ0n) is 12.6. The molecule has 1 amide bonds. The summed E-state index contributed by atoms with van der Waals surface area (Å²) in [5, 5.41) is 12.7. The molecule has 0 spiro atoms. The second kappa shape index (κ2) is 6.61. The van der Waals surface area contributed by atoms with Gasteiger partial charge in [-0.15, -0.1) is 0 Å². The molecule has 1 atom stereocenters. The number of nitrogens with one attached hydrogen (secondary N) is 1. The van der Waals surface area contributed by atoms with Gasteiger partial charge in [0.1, 0.15) is 0 Å². The molecule has 0 saturated heterocycles. The van der Waals surface area contributed by atoms with E-state index < -0.39 is 0 Å². The van der Waals surface area contributed by atoms with Gasteiger partial charge in [-0.25, -0.2) is 0 Å². The largest absolute Gasteiger partial charge is 0.393 e. The number of carbonyl (C=O) groups excluding carboxylic acids is 1. The van der Waals surface area contributed by atoms with Crippen molar-refractivity contribution in [2.24, 2.45) is 11.8 Å². The van der Waals surface area contributed by atoms with Crippen LogP contribution in [-0.2, 0) is 17.6 Å². The second-order valence-corrected chi connectivity index (χ2v) is 6.63. The van der Waals surface area contributed by atoms with Crippen LogP contribution in [0.4, 0.5) is 0 Å². The van der Waals surface area contributed by atoms with Crippen LogP contribution >= 0.6 is 0 Å². The van der Waals surface area contributed by atoms with Gasteiger partial charge in [0, 0.05) is 12.5 Å². The SMILES string of the molecule is O=C(NCC1CCC(O)CC1)C1CCc2ccccc2C1. The highest BCUT2D eigenvalue weighted by molar-refractivity contribution is 5.79. The standard InChI is InChI=1S/C18H25NO2/c20-17-9-5-13(6-10-17)12-19-18(21)16-8-7-14-3-1-2-4-15(14)11-16/h1-4,13,16-17,20H,5-12H2,(H,19,21). The van der Waals surface area contributed by atoms with E-state index in [2.05, 4.69) is 29.6 Å². The number of carbonyl (C=O) groups is 1. The Balaban J connectivity index is 1.48. The zero-order valence-corrected chi connectivity index (χ0v) is 12.6. The molecule has 3 rings (SSSR count). The van der Waals surface area contributed by atoms with Crippen molar-refractivity contribution in [1.29, 1.82) is 0 Å². The maximum atomic E-state index is 12.4. The minimum absolute atomic E-state index is 0.119. The number of fused-ring (bicyclic) bond motifs is 1.